The van der Waals surface area contributed by atoms with Gasteiger partial charge in [-0.2, -0.15) is 26.9 Å². The van der Waals surface area contributed by atoms with Crippen molar-refractivity contribution in [3.8, 4) is 11.1 Å². The van der Waals surface area contributed by atoms with Gasteiger partial charge in [0.15, 0.2) is 6.04 Å². The van der Waals surface area contributed by atoms with Gasteiger partial charge in [-0.05, 0) is 67.7 Å². The van der Waals surface area contributed by atoms with Gasteiger partial charge < -0.3 is 20.1 Å². The molecule has 2 aromatic rings. The van der Waals surface area contributed by atoms with Crippen molar-refractivity contribution in [3.63, 3.8) is 0 Å². The van der Waals surface area contributed by atoms with Gasteiger partial charge >= 0.3 is 0 Å². The molecule has 4 atom stereocenters. The van der Waals surface area contributed by atoms with Crippen LogP contribution in [0.15, 0.2) is 65.7 Å². The van der Waals surface area contributed by atoms with Crippen LogP contribution >= 0.6 is 24.2 Å². The second-order valence-electron chi connectivity index (χ2n) is 12.0. The summed E-state index contributed by atoms with van der Waals surface area (Å²) in [7, 11) is 3.00. The summed E-state index contributed by atoms with van der Waals surface area (Å²) in [5.74, 6) is -2.54. The number of benzene rings is 2. The molecule has 0 radical (unpaired) electrons. The number of rotatable bonds is 13. The molecule has 3 N–H and O–H groups in total. The van der Waals surface area contributed by atoms with Crippen LogP contribution in [-0.4, -0.2) is 56.2 Å². The highest BCUT2D eigenvalue weighted by Crippen LogP contribution is 2.33. The average molecular weight is 694 g/mol. The lowest BCUT2D eigenvalue weighted by Crippen LogP contribution is -2.43. The fraction of sp³-hybridized carbons (Fsp3) is 0.568. The molecule has 0 amide bonds. The Labute approximate surface area is 291 Å². The van der Waals surface area contributed by atoms with Crippen molar-refractivity contribution in [1.29, 1.82) is 0 Å². The van der Waals surface area contributed by atoms with Gasteiger partial charge in [-0.25, -0.2) is 0 Å². The molecule has 1 saturated carbocycles. The zero-order chi connectivity index (χ0) is 34.7. The molecule has 1 fully saturated rings. The lowest BCUT2D eigenvalue weighted by atomic mass is 9.90. The van der Waals surface area contributed by atoms with Crippen molar-refractivity contribution in [2.45, 2.75) is 107 Å². The van der Waals surface area contributed by atoms with Gasteiger partial charge in [0.1, 0.15) is 6.29 Å². The number of carbonyl (C=O) groups excluding carboxylic acids is 1. The predicted octanol–water partition coefficient (Wildman–Crippen LogP) is 9.01. The Morgan fingerprint density at radius 2 is 1.66 bits per heavy atom. The summed E-state index contributed by atoms with van der Waals surface area (Å²) in [5, 5.41) is 1.06. The summed E-state index contributed by atoms with van der Waals surface area (Å²) in [6, 6.07) is 11.2. The number of nitrogens with one attached hydrogen (secondary N) is 1. The Bertz CT molecular complexity index is 1210. The van der Waals surface area contributed by atoms with Crippen LogP contribution in [0.2, 0.25) is 5.02 Å². The minimum Gasteiger partial charge on any atom is -0.374 e. The molecule has 6 nitrogen and oxygen atoms in total. The number of hydroxylamine groups is 1. The highest BCUT2D eigenvalue weighted by atomic mass is 35.5. The number of nitrogens with zero attached hydrogens (tertiary/aromatic N) is 1. The van der Waals surface area contributed by atoms with E-state index in [9.17, 15) is 13.6 Å². The zero-order valence-corrected chi connectivity index (χ0v) is 30.0. The quantitative estimate of drug-likeness (QED) is 0.0641. The number of nitrogens with two attached hydrogens (primary N) is 1. The van der Waals surface area contributed by atoms with Gasteiger partial charge in [-0.1, -0.05) is 99.7 Å². The lowest BCUT2D eigenvalue weighted by molar-refractivity contribution is -0.132. The van der Waals surface area contributed by atoms with Gasteiger partial charge in [0, 0.05) is 34.6 Å². The molecule has 10 heteroatoms. The first kappa shape index (κ1) is 41.0. The first-order chi connectivity index (χ1) is 22.6. The van der Waals surface area contributed by atoms with Crippen LogP contribution in [-0.2, 0) is 20.3 Å². The topological polar surface area (TPSA) is 85.9 Å². The van der Waals surface area contributed by atoms with Crippen molar-refractivity contribution < 1.29 is 23.1 Å². The Morgan fingerprint density at radius 1 is 1.04 bits per heavy atom. The molecule has 0 heterocycles. The summed E-state index contributed by atoms with van der Waals surface area (Å²) in [4.78, 5) is 19.4. The monoisotopic (exact) mass is 693 g/mol. The van der Waals surface area contributed by atoms with Crippen molar-refractivity contribution in [2.75, 3.05) is 20.8 Å². The van der Waals surface area contributed by atoms with E-state index in [-0.39, 0.29) is 17.9 Å². The van der Waals surface area contributed by atoms with Gasteiger partial charge in [-0.3, -0.25) is 4.99 Å². The van der Waals surface area contributed by atoms with Crippen LogP contribution in [0.4, 0.5) is 8.78 Å². The number of aldehydes is 1. The van der Waals surface area contributed by atoms with Crippen LogP contribution in [0.25, 0.3) is 11.1 Å². The molecular weight excluding hydrogens is 640 g/mol. The Kier molecular flexibility index (Phi) is 19.6. The summed E-state index contributed by atoms with van der Waals surface area (Å²) in [6.07, 6.45) is 17.4. The van der Waals surface area contributed by atoms with E-state index in [0.717, 1.165) is 61.5 Å². The third-order valence-corrected chi connectivity index (χ3v) is 9.13. The summed E-state index contributed by atoms with van der Waals surface area (Å²) < 4.78 is 34.4. The van der Waals surface area contributed by atoms with E-state index >= 15 is 0 Å². The highest BCUT2D eigenvalue weighted by molar-refractivity contribution is 7.81. The molecule has 0 saturated heterocycles. The summed E-state index contributed by atoms with van der Waals surface area (Å²) >= 11 is 10.2. The minimum absolute atomic E-state index is 0.122. The molecule has 262 valence electrons. The second-order valence-corrected chi connectivity index (χ2v) is 13.1. The molecule has 2 aliphatic rings. The first-order valence-corrected chi connectivity index (χ1v) is 17.7. The maximum absolute atomic E-state index is 14.2. The number of thiol groups is 1. The van der Waals surface area contributed by atoms with Crippen LogP contribution < -0.4 is 11.2 Å². The van der Waals surface area contributed by atoms with E-state index in [1.807, 2.05) is 12.5 Å². The average Bonchev–Trinajstić information content (AvgIpc) is 3.10. The van der Waals surface area contributed by atoms with Crippen molar-refractivity contribution in [1.82, 2.24) is 5.48 Å². The molecule has 2 aliphatic carbocycles. The van der Waals surface area contributed by atoms with Crippen molar-refractivity contribution >= 4 is 36.2 Å². The largest absolute Gasteiger partial charge is 0.374 e. The van der Waals surface area contributed by atoms with E-state index in [0.29, 0.717) is 16.4 Å². The van der Waals surface area contributed by atoms with Gasteiger partial charge in [0.25, 0.3) is 5.92 Å². The number of carbonyl (C=O) groups is 1. The van der Waals surface area contributed by atoms with Crippen molar-refractivity contribution in [3.05, 3.63) is 71.3 Å². The van der Waals surface area contributed by atoms with Crippen LogP contribution in [0.5, 0.6) is 0 Å². The predicted molar refractivity (Wildman–Crippen MR) is 195 cm³/mol. The smallest absolute Gasteiger partial charge is 0.297 e. The molecule has 47 heavy (non-hydrogen) atoms. The van der Waals surface area contributed by atoms with Crippen LogP contribution in [0.3, 0.4) is 0 Å². The third kappa shape index (κ3) is 14.5. The maximum atomic E-state index is 14.2. The molecule has 0 spiro atoms. The Hall–Kier alpha value is -2.14. The van der Waals surface area contributed by atoms with Crippen LogP contribution in [0.1, 0.15) is 83.6 Å². The molecule has 0 bridgehead atoms. The lowest BCUT2D eigenvalue weighted by Gasteiger charge is -2.25. The fourth-order valence-electron chi connectivity index (χ4n) is 5.51. The van der Waals surface area contributed by atoms with E-state index in [1.54, 1.807) is 36.4 Å². The first-order valence-electron chi connectivity index (χ1n) is 16.8. The van der Waals surface area contributed by atoms with Crippen LogP contribution in [0, 0.1) is 5.92 Å². The molecular formula is C37H54ClF2N3O3S. The molecule has 0 aromatic heterocycles. The molecule has 3 unspecified atom stereocenters. The highest BCUT2D eigenvalue weighted by Gasteiger charge is 2.41. The maximum Gasteiger partial charge on any atom is 0.297 e. The zero-order valence-electron chi connectivity index (χ0n) is 28.3. The van der Waals surface area contributed by atoms with Gasteiger partial charge in [0.05, 0.1) is 19.8 Å². The number of aliphatic imine (C=N–C) groups is 1. The minimum atomic E-state index is -3.38. The van der Waals surface area contributed by atoms with E-state index < -0.39 is 12.0 Å². The number of halogens is 3. The normalized spacial score (nSPS) is 19.9. The van der Waals surface area contributed by atoms with E-state index in [1.165, 1.54) is 51.3 Å². The molecule has 4 rings (SSSR count). The SMILES string of the molecule is CCCC(=NC)C(N)CC.CON[C@H](C=O)C(F)(F)c1ccc(-c2ccc(Cl)cc2)cc1.SC1C=CC(OCC2CCCCC2)CC1. The third-order valence-electron chi connectivity index (χ3n) is 8.45. The van der Waals surface area contributed by atoms with Crippen molar-refractivity contribution in [2.24, 2.45) is 16.6 Å². The van der Waals surface area contributed by atoms with E-state index in [4.69, 9.17) is 22.1 Å². The Morgan fingerprint density at radius 3 is 2.15 bits per heavy atom. The van der Waals surface area contributed by atoms with E-state index in [2.05, 4.69) is 48.5 Å². The number of hydrogen-bond donors (Lipinski definition) is 3. The van der Waals surface area contributed by atoms with Gasteiger partial charge in [0.2, 0.25) is 0 Å². The second kappa shape index (κ2) is 22.5. The standard InChI is InChI=1S/C16H14ClF2NO2.C13H22OS.C8H18N2/c1-22-20-15(10-21)16(18,19)13-6-2-11(3-7-13)12-4-8-14(17)9-5-12;15-13-8-6-12(7-9-13)14-10-11-4-2-1-3-5-11;1-4-6-8(10-3)7(9)5-2/h2-10,15,20H,1H3;6,8,11-13,15H,1-5,7,9-10H2;7H,4-6,9H2,1-3H3/t15-;;/m1../s1. The summed E-state index contributed by atoms with van der Waals surface area (Å²) in [5.41, 5.74) is 10.3. The number of ether oxygens (including phenoxy) is 1. The number of alkyl halides is 2. The fourth-order valence-corrected chi connectivity index (χ4v) is 5.88. The Balaban J connectivity index is 0.000000266. The number of hydrogen-bond acceptors (Lipinski definition) is 7. The van der Waals surface area contributed by atoms with Gasteiger partial charge in [-0.15, -0.1) is 0 Å². The molecule has 0 aliphatic heterocycles. The summed E-state index contributed by atoms with van der Waals surface area (Å²) in [6.45, 7) is 5.21. The molecule has 2 aromatic carbocycles.